The van der Waals surface area contributed by atoms with E-state index in [0.717, 1.165) is 25.4 Å². The molecule has 0 bridgehead atoms. The third-order valence-electron chi connectivity index (χ3n) is 3.05. The molecular weight excluding hydrogens is 178 g/mol. The van der Waals surface area contributed by atoms with Crippen molar-refractivity contribution in [3.63, 3.8) is 0 Å². The van der Waals surface area contributed by atoms with Crippen molar-refractivity contribution < 1.29 is 9.53 Å². The van der Waals surface area contributed by atoms with Crippen molar-refractivity contribution in [2.45, 2.75) is 51.2 Å². The van der Waals surface area contributed by atoms with Crippen LogP contribution in [-0.4, -0.2) is 24.7 Å². The summed E-state index contributed by atoms with van der Waals surface area (Å²) in [5, 5.41) is 3.09. The summed E-state index contributed by atoms with van der Waals surface area (Å²) in [5.74, 6) is 0.915. The van der Waals surface area contributed by atoms with E-state index >= 15 is 0 Å². The van der Waals surface area contributed by atoms with E-state index in [9.17, 15) is 4.79 Å². The Morgan fingerprint density at radius 1 is 1.43 bits per heavy atom. The lowest BCUT2D eigenvalue weighted by Crippen LogP contribution is -2.41. The zero-order valence-corrected chi connectivity index (χ0v) is 8.79. The molecule has 1 aliphatic carbocycles. The van der Waals surface area contributed by atoms with Crippen LogP contribution in [0.3, 0.4) is 0 Å². The number of hydrogen-bond acceptors (Lipinski definition) is 2. The quantitative estimate of drug-likeness (QED) is 0.741. The highest BCUT2D eigenvalue weighted by atomic mass is 16.5. The summed E-state index contributed by atoms with van der Waals surface area (Å²) >= 11 is 0. The molecule has 14 heavy (non-hydrogen) atoms. The number of amides is 1. The van der Waals surface area contributed by atoms with Crippen LogP contribution in [0.1, 0.15) is 39.0 Å². The largest absolute Gasteiger partial charge is 0.376 e. The van der Waals surface area contributed by atoms with Gasteiger partial charge in [-0.15, -0.1) is 0 Å². The molecule has 2 aliphatic rings. The minimum absolute atomic E-state index is 0.189. The molecular formula is C11H19NO2. The summed E-state index contributed by atoms with van der Waals surface area (Å²) in [6.45, 7) is 2.85. The molecule has 2 atom stereocenters. The number of carbonyl (C=O) groups excluding carboxylic acids is 1. The Balaban J connectivity index is 1.80. The van der Waals surface area contributed by atoms with Crippen LogP contribution in [0, 0.1) is 5.92 Å². The number of nitrogens with one attached hydrogen (secondary N) is 1. The Hall–Kier alpha value is -0.570. The Morgan fingerprint density at radius 2 is 2.21 bits per heavy atom. The van der Waals surface area contributed by atoms with E-state index in [4.69, 9.17) is 4.74 Å². The molecule has 2 unspecified atom stereocenters. The lowest BCUT2D eigenvalue weighted by molar-refractivity contribution is -0.122. The lowest BCUT2D eigenvalue weighted by Gasteiger charge is -2.19. The first-order chi connectivity index (χ1) is 6.81. The maximum atomic E-state index is 11.4. The lowest BCUT2D eigenvalue weighted by atomic mass is 10.1. The van der Waals surface area contributed by atoms with Gasteiger partial charge in [-0.05, 0) is 31.6 Å². The van der Waals surface area contributed by atoms with Crippen LogP contribution in [-0.2, 0) is 9.53 Å². The number of carbonyl (C=O) groups is 1. The van der Waals surface area contributed by atoms with E-state index in [1.54, 1.807) is 0 Å². The summed E-state index contributed by atoms with van der Waals surface area (Å²) in [6, 6.07) is 0.293. The summed E-state index contributed by atoms with van der Waals surface area (Å²) < 4.78 is 5.65. The van der Waals surface area contributed by atoms with E-state index in [0.29, 0.717) is 18.6 Å². The molecule has 0 aromatic carbocycles. The maximum absolute atomic E-state index is 11.4. The molecule has 0 aromatic heterocycles. The van der Waals surface area contributed by atoms with Crippen LogP contribution in [0.2, 0.25) is 0 Å². The molecule has 1 heterocycles. The van der Waals surface area contributed by atoms with Crippen LogP contribution in [0.5, 0.6) is 0 Å². The van der Waals surface area contributed by atoms with Crippen molar-refractivity contribution in [2.75, 3.05) is 6.61 Å². The Kier molecular flexibility index (Phi) is 3.06. The normalized spacial score (nSPS) is 31.8. The third-order valence-corrected chi connectivity index (χ3v) is 3.05. The minimum Gasteiger partial charge on any atom is -0.376 e. The highest BCUT2D eigenvalue weighted by molar-refractivity contribution is 5.76. The molecule has 3 nitrogen and oxygen atoms in total. The van der Waals surface area contributed by atoms with Gasteiger partial charge in [-0.2, -0.15) is 0 Å². The van der Waals surface area contributed by atoms with Gasteiger partial charge in [-0.25, -0.2) is 0 Å². The SMILES string of the molecule is CCCC(=O)NC1CCOC1C1CC1. The van der Waals surface area contributed by atoms with Crippen molar-refractivity contribution in [3.8, 4) is 0 Å². The Bertz CT molecular complexity index is 213. The standard InChI is InChI=1S/C11H19NO2/c1-2-3-10(13)12-9-6-7-14-11(9)8-4-5-8/h8-9,11H,2-7H2,1H3,(H,12,13). The zero-order chi connectivity index (χ0) is 9.97. The first-order valence-electron chi connectivity index (χ1n) is 5.72. The summed E-state index contributed by atoms with van der Waals surface area (Å²) in [6.07, 6.45) is 5.45. The van der Waals surface area contributed by atoms with Crippen LogP contribution in [0.15, 0.2) is 0 Å². The monoisotopic (exact) mass is 197 g/mol. The average Bonchev–Trinajstić information content (AvgIpc) is 2.89. The molecule has 2 fully saturated rings. The van der Waals surface area contributed by atoms with E-state index in [-0.39, 0.29) is 5.91 Å². The smallest absolute Gasteiger partial charge is 0.220 e. The fourth-order valence-corrected chi connectivity index (χ4v) is 2.16. The van der Waals surface area contributed by atoms with Gasteiger partial charge in [0.05, 0.1) is 12.1 Å². The van der Waals surface area contributed by atoms with Gasteiger partial charge in [0.15, 0.2) is 0 Å². The number of ether oxygens (including phenoxy) is 1. The molecule has 1 saturated carbocycles. The van der Waals surface area contributed by atoms with E-state index < -0.39 is 0 Å². The fraction of sp³-hybridized carbons (Fsp3) is 0.909. The van der Waals surface area contributed by atoms with Gasteiger partial charge < -0.3 is 10.1 Å². The van der Waals surface area contributed by atoms with Gasteiger partial charge in [0.1, 0.15) is 0 Å². The second kappa shape index (κ2) is 4.30. The molecule has 1 aliphatic heterocycles. The van der Waals surface area contributed by atoms with Gasteiger partial charge in [0.25, 0.3) is 0 Å². The van der Waals surface area contributed by atoms with Gasteiger partial charge >= 0.3 is 0 Å². The maximum Gasteiger partial charge on any atom is 0.220 e. The van der Waals surface area contributed by atoms with Crippen molar-refractivity contribution in [1.82, 2.24) is 5.32 Å². The molecule has 0 aromatic rings. The van der Waals surface area contributed by atoms with Crippen molar-refractivity contribution >= 4 is 5.91 Å². The summed E-state index contributed by atoms with van der Waals surface area (Å²) in [5.41, 5.74) is 0. The molecule has 1 amide bonds. The van der Waals surface area contributed by atoms with E-state index in [1.165, 1.54) is 12.8 Å². The average molecular weight is 197 g/mol. The predicted octanol–water partition coefficient (Wildman–Crippen LogP) is 1.47. The second-order valence-electron chi connectivity index (χ2n) is 4.39. The molecule has 3 heteroatoms. The second-order valence-corrected chi connectivity index (χ2v) is 4.39. The molecule has 1 N–H and O–H groups in total. The van der Waals surface area contributed by atoms with Gasteiger partial charge in [0, 0.05) is 13.0 Å². The fourth-order valence-electron chi connectivity index (χ4n) is 2.16. The molecule has 80 valence electrons. The van der Waals surface area contributed by atoms with Crippen LogP contribution < -0.4 is 5.32 Å². The van der Waals surface area contributed by atoms with Crippen molar-refractivity contribution in [3.05, 3.63) is 0 Å². The molecule has 0 spiro atoms. The first-order valence-corrected chi connectivity index (χ1v) is 5.72. The highest BCUT2D eigenvalue weighted by Gasteiger charge is 2.40. The van der Waals surface area contributed by atoms with E-state index in [1.807, 2.05) is 6.92 Å². The topological polar surface area (TPSA) is 38.3 Å². The zero-order valence-electron chi connectivity index (χ0n) is 8.79. The van der Waals surface area contributed by atoms with Crippen LogP contribution >= 0.6 is 0 Å². The first kappa shape index (κ1) is 9.97. The summed E-state index contributed by atoms with van der Waals surface area (Å²) in [4.78, 5) is 11.4. The van der Waals surface area contributed by atoms with Crippen LogP contribution in [0.25, 0.3) is 0 Å². The Morgan fingerprint density at radius 3 is 2.86 bits per heavy atom. The Labute approximate surface area is 85.2 Å². The van der Waals surface area contributed by atoms with Crippen molar-refractivity contribution in [1.29, 1.82) is 0 Å². The third kappa shape index (κ3) is 2.27. The van der Waals surface area contributed by atoms with Gasteiger partial charge in [0.2, 0.25) is 5.91 Å². The number of rotatable bonds is 4. The van der Waals surface area contributed by atoms with Gasteiger partial charge in [-0.1, -0.05) is 6.92 Å². The van der Waals surface area contributed by atoms with Crippen LogP contribution in [0.4, 0.5) is 0 Å². The predicted molar refractivity (Wildman–Crippen MR) is 53.9 cm³/mol. The van der Waals surface area contributed by atoms with E-state index in [2.05, 4.69) is 5.32 Å². The van der Waals surface area contributed by atoms with Gasteiger partial charge in [-0.3, -0.25) is 4.79 Å². The molecule has 0 radical (unpaired) electrons. The van der Waals surface area contributed by atoms with Crippen molar-refractivity contribution in [2.24, 2.45) is 5.92 Å². The number of hydrogen-bond donors (Lipinski definition) is 1. The minimum atomic E-state index is 0.189. The molecule has 1 saturated heterocycles. The summed E-state index contributed by atoms with van der Waals surface area (Å²) in [7, 11) is 0. The molecule has 2 rings (SSSR count). The highest BCUT2D eigenvalue weighted by Crippen LogP contribution is 2.38.